The van der Waals surface area contributed by atoms with E-state index in [1.54, 1.807) is 0 Å². The van der Waals surface area contributed by atoms with Crippen molar-refractivity contribution in [2.45, 2.75) is 51.9 Å². The highest BCUT2D eigenvalue weighted by molar-refractivity contribution is 7.13. The van der Waals surface area contributed by atoms with E-state index in [9.17, 15) is 0 Å². The van der Waals surface area contributed by atoms with E-state index in [2.05, 4.69) is 40.8 Å². The molecule has 1 heterocycles. The van der Waals surface area contributed by atoms with Crippen LogP contribution in [0.2, 0.25) is 0 Å². The summed E-state index contributed by atoms with van der Waals surface area (Å²) in [6.45, 7) is 2.25. The summed E-state index contributed by atoms with van der Waals surface area (Å²) in [6.07, 6.45) is 9.09. The maximum Gasteiger partial charge on any atom is 0.131 e. The van der Waals surface area contributed by atoms with Crippen molar-refractivity contribution in [3.63, 3.8) is 0 Å². The highest BCUT2D eigenvalue weighted by atomic mass is 32.1. The van der Waals surface area contributed by atoms with Gasteiger partial charge in [0.2, 0.25) is 0 Å². The van der Waals surface area contributed by atoms with Crippen molar-refractivity contribution in [1.29, 1.82) is 0 Å². The molecule has 4 nitrogen and oxygen atoms in total. The van der Waals surface area contributed by atoms with Gasteiger partial charge in [-0.2, -0.15) is 0 Å². The van der Waals surface area contributed by atoms with Crippen LogP contribution in [0.15, 0.2) is 30.3 Å². The van der Waals surface area contributed by atoms with Gasteiger partial charge in [0.25, 0.3) is 0 Å². The van der Waals surface area contributed by atoms with Gasteiger partial charge < -0.3 is 11.5 Å². The molecule has 0 radical (unpaired) electrons. The van der Waals surface area contributed by atoms with Gasteiger partial charge in [-0.1, -0.05) is 67.8 Å². The standard InChI is InChI=1S/C20H26N4S/c1-2-3-4-5-6-7-8-14-9-11-15(12-10-14)16-13-17(21)20-19(18(16)22)23-24-25-20/h9-13H,2-8,21-22H2,1H3. The van der Waals surface area contributed by atoms with E-state index in [0.29, 0.717) is 16.9 Å². The molecule has 0 unspecified atom stereocenters. The molecule has 0 spiro atoms. The summed E-state index contributed by atoms with van der Waals surface area (Å²) in [5.74, 6) is 0. The number of hydrogen-bond donors (Lipinski definition) is 2. The smallest absolute Gasteiger partial charge is 0.131 e. The SMILES string of the molecule is CCCCCCCCc1ccc(-c2cc(N)c3snnc3c2N)cc1. The van der Waals surface area contributed by atoms with Gasteiger partial charge >= 0.3 is 0 Å². The molecular weight excluding hydrogens is 328 g/mol. The molecule has 0 atom stereocenters. The van der Waals surface area contributed by atoms with E-state index in [1.165, 1.54) is 55.6 Å². The van der Waals surface area contributed by atoms with Crippen LogP contribution in [0.1, 0.15) is 51.0 Å². The van der Waals surface area contributed by atoms with Crippen molar-refractivity contribution < 1.29 is 0 Å². The Balaban J connectivity index is 1.67. The molecule has 0 saturated heterocycles. The number of anilines is 2. The number of nitrogens with zero attached hydrogens (tertiary/aromatic N) is 2. The minimum absolute atomic E-state index is 0.654. The molecule has 1 aromatic heterocycles. The van der Waals surface area contributed by atoms with Crippen molar-refractivity contribution in [2.75, 3.05) is 11.5 Å². The third-order valence-corrected chi connectivity index (χ3v) is 5.45. The lowest BCUT2D eigenvalue weighted by Gasteiger charge is -2.09. The minimum atomic E-state index is 0.654. The Kier molecular flexibility index (Phi) is 5.87. The fraction of sp³-hybridized carbons (Fsp3) is 0.400. The van der Waals surface area contributed by atoms with Gasteiger partial charge in [-0.25, -0.2) is 0 Å². The molecule has 2 aromatic carbocycles. The molecule has 132 valence electrons. The highest BCUT2D eigenvalue weighted by Crippen LogP contribution is 2.36. The van der Waals surface area contributed by atoms with Crippen LogP contribution in [0.3, 0.4) is 0 Å². The van der Waals surface area contributed by atoms with Crippen LogP contribution < -0.4 is 11.5 Å². The first-order valence-corrected chi connectivity index (χ1v) is 9.87. The van der Waals surface area contributed by atoms with Crippen LogP contribution in [0.5, 0.6) is 0 Å². The van der Waals surface area contributed by atoms with Crippen LogP contribution in [-0.4, -0.2) is 9.59 Å². The summed E-state index contributed by atoms with van der Waals surface area (Å²) < 4.78 is 4.83. The summed E-state index contributed by atoms with van der Waals surface area (Å²) in [5, 5.41) is 4.12. The average molecular weight is 355 g/mol. The second-order valence-corrected chi connectivity index (χ2v) is 7.35. The van der Waals surface area contributed by atoms with Gasteiger partial charge in [-0.05, 0) is 41.6 Å². The number of benzene rings is 2. The van der Waals surface area contributed by atoms with Gasteiger partial charge in [0, 0.05) is 5.56 Å². The monoisotopic (exact) mass is 354 g/mol. The third kappa shape index (κ3) is 4.10. The van der Waals surface area contributed by atoms with Crippen molar-refractivity contribution in [3.05, 3.63) is 35.9 Å². The van der Waals surface area contributed by atoms with Gasteiger partial charge in [-0.3, -0.25) is 0 Å². The normalized spacial score (nSPS) is 11.2. The largest absolute Gasteiger partial charge is 0.397 e. The van der Waals surface area contributed by atoms with E-state index >= 15 is 0 Å². The summed E-state index contributed by atoms with van der Waals surface area (Å²) in [4.78, 5) is 0. The lowest BCUT2D eigenvalue weighted by molar-refractivity contribution is 0.607. The van der Waals surface area contributed by atoms with Crippen LogP contribution >= 0.6 is 11.5 Å². The quantitative estimate of drug-likeness (QED) is 0.418. The molecule has 3 rings (SSSR count). The van der Waals surface area contributed by atoms with E-state index < -0.39 is 0 Å². The first-order valence-electron chi connectivity index (χ1n) is 9.10. The number of nitrogen functional groups attached to an aromatic ring is 2. The second-order valence-electron chi connectivity index (χ2n) is 6.59. The maximum absolute atomic E-state index is 6.29. The third-order valence-electron chi connectivity index (χ3n) is 4.68. The van der Waals surface area contributed by atoms with Crippen molar-refractivity contribution in [2.24, 2.45) is 0 Å². The minimum Gasteiger partial charge on any atom is -0.397 e. The molecule has 0 amide bonds. The summed E-state index contributed by atoms with van der Waals surface area (Å²) in [7, 11) is 0. The zero-order valence-electron chi connectivity index (χ0n) is 14.8. The topological polar surface area (TPSA) is 77.8 Å². The number of unbranched alkanes of at least 4 members (excludes halogenated alkanes) is 5. The van der Waals surface area contributed by atoms with Gasteiger partial charge in [0.05, 0.1) is 11.4 Å². The van der Waals surface area contributed by atoms with Gasteiger partial charge in [0.15, 0.2) is 0 Å². The predicted octanol–water partition coefficient (Wildman–Crippen LogP) is 5.43. The Bertz CT molecular complexity index is 824. The number of aromatic nitrogens is 2. The molecule has 0 saturated carbocycles. The second kappa shape index (κ2) is 8.30. The first kappa shape index (κ1) is 17.7. The zero-order chi connectivity index (χ0) is 17.6. The number of rotatable bonds is 8. The van der Waals surface area contributed by atoms with E-state index in [1.807, 2.05) is 6.07 Å². The Morgan fingerprint density at radius 2 is 1.68 bits per heavy atom. The van der Waals surface area contributed by atoms with Crippen LogP contribution in [0.25, 0.3) is 21.3 Å². The van der Waals surface area contributed by atoms with Crippen molar-refractivity contribution in [3.8, 4) is 11.1 Å². The molecule has 0 aliphatic heterocycles. The Hall–Kier alpha value is -2.14. The molecule has 25 heavy (non-hydrogen) atoms. The number of nitrogens with two attached hydrogens (primary N) is 2. The Morgan fingerprint density at radius 1 is 0.960 bits per heavy atom. The van der Waals surface area contributed by atoms with Gasteiger partial charge in [0.1, 0.15) is 10.2 Å². The average Bonchev–Trinajstić information content (AvgIpc) is 3.12. The lowest BCUT2D eigenvalue weighted by atomic mass is 9.99. The fourth-order valence-electron chi connectivity index (χ4n) is 3.18. The zero-order valence-corrected chi connectivity index (χ0v) is 15.6. The molecule has 0 aliphatic rings. The molecule has 0 fully saturated rings. The number of hydrogen-bond acceptors (Lipinski definition) is 5. The van der Waals surface area contributed by atoms with Crippen LogP contribution in [-0.2, 0) is 6.42 Å². The van der Waals surface area contributed by atoms with Crippen molar-refractivity contribution >= 4 is 33.1 Å². The maximum atomic E-state index is 6.29. The molecule has 3 aromatic rings. The molecule has 0 bridgehead atoms. The van der Waals surface area contributed by atoms with E-state index in [4.69, 9.17) is 11.5 Å². The molecular formula is C20H26N4S. The predicted molar refractivity (Wildman–Crippen MR) is 109 cm³/mol. The molecule has 5 heteroatoms. The molecule has 0 aliphatic carbocycles. The summed E-state index contributed by atoms with van der Waals surface area (Å²) in [6, 6.07) is 10.6. The fourth-order valence-corrected chi connectivity index (χ4v) is 3.79. The van der Waals surface area contributed by atoms with Gasteiger partial charge in [-0.15, -0.1) is 5.10 Å². The lowest BCUT2D eigenvalue weighted by Crippen LogP contribution is -1.96. The van der Waals surface area contributed by atoms with Crippen molar-refractivity contribution in [1.82, 2.24) is 9.59 Å². The van der Waals surface area contributed by atoms with Crippen LogP contribution in [0.4, 0.5) is 11.4 Å². The van der Waals surface area contributed by atoms with E-state index in [0.717, 1.165) is 22.2 Å². The summed E-state index contributed by atoms with van der Waals surface area (Å²) in [5.41, 5.74) is 17.8. The molecule has 4 N–H and O–H groups in total. The van der Waals surface area contributed by atoms with E-state index in [-0.39, 0.29) is 0 Å². The Morgan fingerprint density at radius 3 is 2.44 bits per heavy atom. The Labute approximate surface area is 153 Å². The summed E-state index contributed by atoms with van der Waals surface area (Å²) >= 11 is 1.28. The number of aryl methyl sites for hydroxylation is 1. The number of fused-ring (bicyclic) bond motifs is 1. The first-order chi connectivity index (χ1) is 12.2. The van der Waals surface area contributed by atoms with Crippen LogP contribution in [0, 0.1) is 0 Å². The highest BCUT2D eigenvalue weighted by Gasteiger charge is 2.13.